The van der Waals surface area contributed by atoms with Crippen LogP contribution in [0, 0.1) is 0 Å². The van der Waals surface area contributed by atoms with Crippen LogP contribution in [0.5, 0.6) is 0 Å². The molecule has 0 atom stereocenters. The van der Waals surface area contributed by atoms with E-state index in [4.69, 9.17) is 19.4 Å². The number of nitrogens with zero attached hydrogens (tertiary/aromatic N) is 3. The summed E-state index contributed by atoms with van der Waals surface area (Å²) in [5.41, 5.74) is 11.6. The van der Waals surface area contributed by atoms with Gasteiger partial charge in [0.15, 0.2) is 25.5 Å². The molecule has 0 radical (unpaired) electrons. The summed E-state index contributed by atoms with van der Waals surface area (Å²) in [6, 6.07) is 80.7. The van der Waals surface area contributed by atoms with Gasteiger partial charge in [-0.2, -0.15) is 0 Å². The molecule has 0 bridgehead atoms. The standard InChI is InChI=1S/C60H43N3OSi/c1-60(2)52-28-16-15-26-48(52)49-36-33-43(38-53(49)60)58-61-57(41-18-7-3-8-19-41)62-59(63-58)51-27-17-29-54-56(51)50-37-32-42(39-55(50)64-54)40-30-34-47(35-31-40)65(44-20-9-4-10-21-44,45-22-11-5-12-23-45)46-24-13-6-14-25-46/h3-39H,1-2H3. The summed E-state index contributed by atoms with van der Waals surface area (Å²) < 4.78 is 6.70. The quantitative estimate of drug-likeness (QED) is 0.113. The molecule has 11 aromatic rings. The minimum absolute atomic E-state index is 0.152. The normalized spacial score (nSPS) is 12.9. The van der Waals surface area contributed by atoms with Crippen LogP contribution in [0.3, 0.4) is 0 Å². The highest BCUT2D eigenvalue weighted by Crippen LogP contribution is 2.49. The average molecular weight is 850 g/mol. The fraction of sp³-hybridized carbons (Fsp3) is 0.0500. The number of hydrogen-bond donors (Lipinski definition) is 0. The average Bonchev–Trinajstić information content (AvgIpc) is 3.86. The van der Waals surface area contributed by atoms with Gasteiger partial charge in [0.2, 0.25) is 0 Å². The minimum atomic E-state index is -2.64. The third-order valence-corrected chi connectivity index (χ3v) is 18.3. The predicted molar refractivity (Wildman–Crippen MR) is 270 cm³/mol. The molecule has 12 rings (SSSR count). The van der Waals surface area contributed by atoms with Crippen LogP contribution in [0.15, 0.2) is 229 Å². The summed E-state index contributed by atoms with van der Waals surface area (Å²) in [6.07, 6.45) is 0. The van der Waals surface area contributed by atoms with Crippen LogP contribution in [-0.4, -0.2) is 23.0 Å². The van der Waals surface area contributed by atoms with Gasteiger partial charge in [0.25, 0.3) is 0 Å². The lowest BCUT2D eigenvalue weighted by molar-refractivity contribution is 0.660. The zero-order valence-electron chi connectivity index (χ0n) is 36.1. The second-order valence-electron chi connectivity index (χ2n) is 17.5. The molecule has 0 N–H and O–H groups in total. The molecule has 2 heterocycles. The van der Waals surface area contributed by atoms with Crippen molar-refractivity contribution in [1.82, 2.24) is 15.0 Å². The Morgan fingerprint density at radius 2 is 0.862 bits per heavy atom. The van der Waals surface area contributed by atoms with Gasteiger partial charge in [-0.3, -0.25) is 0 Å². The van der Waals surface area contributed by atoms with Gasteiger partial charge in [-0.25, -0.2) is 15.0 Å². The Bertz CT molecular complexity index is 3450. The monoisotopic (exact) mass is 849 g/mol. The molecule has 0 saturated carbocycles. The van der Waals surface area contributed by atoms with Crippen molar-refractivity contribution in [2.45, 2.75) is 19.3 Å². The van der Waals surface area contributed by atoms with Gasteiger partial charge in [-0.15, -0.1) is 0 Å². The molecule has 1 aliphatic carbocycles. The van der Waals surface area contributed by atoms with Gasteiger partial charge in [0, 0.05) is 32.9 Å². The third-order valence-electron chi connectivity index (χ3n) is 13.5. The maximum atomic E-state index is 6.70. The molecule has 5 heteroatoms. The van der Waals surface area contributed by atoms with Gasteiger partial charge < -0.3 is 4.42 Å². The van der Waals surface area contributed by atoms with Crippen molar-refractivity contribution in [3.05, 3.63) is 236 Å². The van der Waals surface area contributed by atoms with Crippen LogP contribution in [0.25, 0.3) is 78.4 Å². The van der Waals surface area contributed by atoms with E-state index >= 15 is 0 Å². The number of furan rings is 1. The first-order chi connectivity index (χ1) is 32.0. The van der Waals surface area contributed by atoms with Crippen LogP contribution >= 0.6 is 0 Å². The van der Waals surface area contributed by atoms with E-state index in [0.717, 1.165) is 49.8 Å². The third kappa shape index (κ3) is 6.30. The summed E-state index contributed by atoms with van der Waals surface area (Å²) in [4.78, 5) is 15.6. The Morgan fingerprint density at radius 3 is 1.52 bits per heavy atom. The topological polar surface area (TPSA) is 51.8 Å². The smallest absolute Gasteiger partial charge is 0.179 e. The van der Waals surface area contributed by atoms with Crippen molar-refractivity contribution >= 4 is 50.8 Å². The van der Waals surface area contributed by atoms with E-state index in [9.17, 15) is 0 Å². The zero-order valence-corrected chi connectivity index (χ0v) is 37.1. The van der Waals surface area contributed by atoms with Crippen LogP contribution in [0.2, 0.25) is 0 Å². The first-order valence-electron chi connectivity index (χ1n) is 22.3. The number of fused-ring (bicyclic) bond motifs is 6. The number of hydrogen-bond acceptors (Lipinski definition) is 4. The van der Waals surface area contributed by atoms with Crippen LogP contribution in [0.4, 0.5) is 0 Å². The molecule has 65 heavy (non-hydrogen) atoms. The molecule has 0 amide bonds. The highest BCUT2D eigenvalue weighted by Gasteiger charge is 2.41. The Balaban J connectivity index is 0.961. The Kier molecular flexibility index (Phi) is 9.14. The van der Waals surface area contributed by atoms with E-state index in [1.165, 1.54) is 43.0 Å². The molecule has 9 aromatic carbocycles. The molecule has 0 aliphatic heterocycles. The maximum Gasteiger partial charge on any atom is 0.179 e. The summed E-state index contributed by atoms with van der Waals surface area (Å²) in [5, 5.41) is 7.39. The molecule has 2 aromatic heterocycles. The summed E-state index contributed by atoms with van der Waals surface area (Å²) in [6.45, 7) is 4.60. The van der Waals surface area contributed by atoms with E-state index in [-0.39, 0.29) is 5.41 Å². The highest BCUT2D eigenvalue weighted by atomic mass is 28.3. The lowest BCUT2D eigenvalue weighted by Gasteiger charge is -2.34. The number of rotatable bonds is 8. The number of benzene rings is 9. The van der Waals surface area contributed by atoms with Crippen molar-refractivity contribution in [2.24, 2.45) is 0 Å². The van der Waals surface area contributed by atoms with E-state index in [2.05, 4.69) is 208 Å². The molecule has 0 unspecified atom stereocenters. The van der Waals surface area contributed by atoms with E-state index < -0.39 is 8.07 Å². The van der Waals surface area contributed by atoms with Crippen LogP contribution in [-0.2, 0) is 5.41 Å². The molecule has 0 spiro atoms. The van der Waals surface area contributed by atoms with Gasteiger partial charge in [-0.05, 0) is 78.4 Å². The van der Waals surface area contributed by atoms with E-state index in [0.29, 0.717) is 17.5 Å². The minimum Gasteiger partial charge on any atom is -0.456 e. The lowest BCUT2D eigenvalue weighted by Crippen LogP contribution is -2.74. The molecule has 4 nitrogen and oxygen atoms in total. The van der Waals surface area contributed by atoms with Crippen molar-refractivity contribution in [3.63, 3.8) is 0 Å². The zero-order chi connectivity index (χ0) is 43.5. The van der Waals surface area contributed by atoms with Crippen molar-refractivity contribution < 1.29 is 4.42 Å². The first-order valence-corrected chi connectivity index (χ1v) is 24.3. The lowest BCUT2D eigenvalue weighted by atomic mass is 9.82. The molecule has 308 valence electrons. The van der Waals surface area contributed by atoms with Crippen LogP contribution < -0.4 is 20.7 Å². The fourth-order valence-corrected chi connectivity index (χ4v) is 15.1. The van der Waals surface area contributed by atoms with Crippen molar-refractivity contribution in [1.29, 1.82) is 0 Å². The fourth-order valence-electron chi connectivity index (χ4n) is 10.4. The molecule has 1 aliphatic rings. The predicted octanol–water partition coefficient (Wildman–Crippen LogP) is 12.1. The van der Waals surface area contributed by atoms with Gasteiger partial charge in [-0.1, -0.05) is 214 Å². The van der Waals surface area contributed by atoms with Crippen molar-refractivity contribution in [2.75, 3.05) is 0 Å². The first kappa shape index (κ1) is 38.7. The summed E-state index contributed by atoms with van der Waals surface area (Å²) in [7, 11) is -2.64. The highest BCUT2D eigenvalue weighted by molar-refractivity contribution is 7.19. The summed E-state index contributed by atoms with van der Waals surface area (Å²) in [5.74, 6) is 1.87. The van der Waals surface area contributed by atoms with Crippen molar-refractivity contribution in [3.8, 4) is 56.4 Å². The second kappa shape index (κ2) is 15.4. The molecular weight excluding hydrogens is 807 g/mol. The van der Waals surface area contributed by atoms with Gasteiger partial charge in [0.1, 0.15) is 11.2 Å². The van der Waals surface area contributed by atoms with E-state index in [1.807, 2.05) is 30.3 Å². The molecule has 0 fully saturated rings. The van der Waals surface area contributed by atoms with E-state index in [1.54, 1.807) is 0 Å². The van der Waals surface area contributed by atoms with Gasteiger partial charge in [0.05, 0.1) is 0 Å². The SMILES string of the molecule is CC1(C)c2ccccc2-c2ccc(-c3nc(-c4ccccc4)nc(-c4cccc5oc6cc(-c7ccc([Si](c8ccccc8)(c8ccccc8)c8ccccc8)cc7)ccc6c45)n3)cc21. The summed E-state index contributed by atoms with van der Waals surface area (Å²) >= 11 is 0. The Labute approximate surface area is 379 Å². The second-order valence-corrected chi connectivity index (χ2v) is 21.3. The molecular formula is C60H43N3OSi. The number of aromatic nitrogens is 3. The molecule has 0 saturated heterocycles. The Morgan fingerprint density at radius 1 is 0.354 bits per heavy atom. The Hall–Kier alpha value is -7.99. The van der Waals surface area contributed by atoms with Crippen LogP contribution in [0.1, 0.15) is 25.0 Å². The maximum absolute atomic E-state index is 6.70. The largest absolute Gasteiger partial charge is 0.456 e. The van der Waals surface area contributed by atoms with Gasteiger partial charge >= 0.3 is 0 Å².